The maximum Gasteiger partial charge on any atom is 0.208 e. The average Bonchev–Trinajstić information content (AvgIpc) is 2.61. The van der Waals surface area contributed by atoms with Crippen LogP contribution in [0.25, 0.3) is 0 Å². The number of hydrogen-bond donors (Lipinski definition) is 0. The smallest absolute Gasteiger partial charge is 0.208 e. The lowest BCUT2D eigenvalue weighted by atomic mass is 10.1. The van der Waals surface area contributed by atoms with Crippen LogP contribution in [0.3, 0.4) is 0 Å². The lowest BCUT2D eigenvalue weighted by Crippen LogP contribution is -2.13. The Morgan fingerprint density at radius 2 is 2.07 bits per heavy atom. The molecule has 5 heteroatoms. The van der Waals surface area contributed by atoms with Gasteiger partial charge in [-0.15, -0.1) is 34.9 Å². The predicted molar refractivity (Wildman–Crippen MR) is 66.4 cm³/mol. The first kappa shape index (κ1) is 11.0. The SMILES string of the molecule is CC(=O)C(C(=O)c1cccs1)=C1SCS1. The molecule has 15 heavy (non-hydrogen) atoms. The zero-order chi connectivity index (χ0) is 10.8. The van der Waals surface area contributed by atoms with Gasteiger partial charge in [-0.2, -0.15) is 0 Å². The fourth-order valence-corrected chi connectivity index (χ4v) is 3.56. The molecule has 2 rings (SSSR count). The van der Waals surface area contributed by atoms with E-state index >= 15 is 0 Å². The van der Waals surface area contributed by atoms with E-state index in [0.29, 0.717) is 10.5 Å². The molecule has 1 fully saturated rings. The van der Waals surface area contributed by atoms with Crippen molar-refractivity contribution in [2.45, 2.75) is 6.92 Å². The van der Waals surface area contributed by atoms with Gasteiger partial charge < -0.3 is 0 Å². The van der Waals surface area contributed by atoms with Gasteiger partial charge in [0, 0.05) is 5.08 Å². The maximum absolute atomic E-state index is 12.0. The molecule has 1 aliphatic rings. The summed E-state index contributed by atoms with van der Waals surface area (Å²) in [6.07, 6.45) is 0. The topological polar surface area (TPSA) is 34.1 Å². The van der Waals surface area contributed by atoms with Crippen molar-refractivity contribution in [1.29, 1.82) is 0 Å². The van der Waals surface area contributed by atoms with Gasteiger partial charge in [0.25, 0.3) is 0 Å². The third-order valence-corrected chi connectivity index (χ3v) is 5.36. The standard InChI is InChI=1S/C10H8O2S3/c1-6(11)8(10-14-5-15-10)9(12)7-3-2-4-13-7/h2-4H,5H2,1H3. The third kappa shape index (κ3) is 2.19. The van der Waals surface area contributed by atoms with E-state index in [1.54, 1.807) is 29.6 Å². The molecule has 0 aliphatic carbocycles. The highest BCUT2D eigenvalue weighted by Gasteiger charge is 2.26. The summed E-state index contributed by atoms with van der Waals surface area (Å²) in [5.41, 5.74) is 0.360. The van der Waals surface area contributed by atoms with Crippen LogP contribution in [0.1, 0.15) is 16.6 Å². The van der Waals surface area contributed by atoms with E-state index in [9.17, 15) is 9.59 Å². The molecule has 0 atom stereocenters. The Bertz CT molecular complexity index is 426. The van der Waals surface area contributed by atoms with E-state index in [2.05, 4.69) is 0 Å². The summed E-state index contributed by atoms with van der Waals surface area (Å²) >= 11 is 4.52. The first-order valence-electron chi connectivity index (χ1n) is 4.29. The van der Waals surface area contributed by atoms with E-state index in [4.69, 9.17) is 0 Å². The van der Waals surface area contributed by atoms with Crippen LogP contribution in [0.15, 0.2) is 27.3 Å². The molecular formula is C10H8O2S3. The van der Waals surface area contributed by atoms with Crippen LogP contribution in [0, 0.1) is 0 Å². The lowest BCUT2D eigenvalue weighted by Gasteiger charge is -2.17. The van der Waals surface area contributed by atoms with Crippen LogP contribution in [0.4, 0.5) is 0 Å². The van der Waals surface area contributed by atoms with E-state index in [1.807, 2.05) is 11.4 Å². The second-order valence-corrected chi connectivity index (χ2v) is 6.47. The molecule has 1 aliphatic heterocycles. The molecule has 2 nitrogen and oxygen atoms in total. The van der Waals surface area contributed by atoms with E-state index in [0.717, 1.165) is 9.32 Å². The van der Waals surface area contributed by atoms with Crippen molar-refractivity contribution < 1.29 is 9.59 Å². The number of ketones is 2. The lowest BCUT2D eigenvalue weighted by molar-refractivity contribution is -0.113. The molecule has 0 aromatic carbocycles. The van der Waals surface area contributed by atoms with E-state index in [1.165, 1.54) is 18.3 Å². The number of allylic oxidation sites excluding steroid dienone is 1. The molecule has 1 aromatic heterocycles. The van der Waals surface area contributed by atoms with Crippen molar-refractivity contribution in [3.05, 3.63) is 32.2 Å². The van der Waals surface area contributed by atoms with Crippen molar-refractivity contribution in [2.24, 2.45) is 0 Å². The van der Waals surface area contributed by atoms with Gasteiger partial charge >= 0.3 is 0 Å². The molecule has 2 heterocycles. The van der Waals surface area contributed by atoms with Crippen molar-refractivity contribution in [3.8, 4) is 0 Å². The summed E-state index contributed by atoms with van der Waals surface area (Å²) in [5, 5.41) is 2.78. The van der Waals surface area contributed by atoms with Gasteiger partial charge in [-0.25, -0.2) is 0 Å². The second-order valence-electron chi connectivity index (χ2n) is 2.93. The predicted octanol–water partition coefficient (Wildman–Crippen LogP) is 3.17. The molecule has 0 bridgehead atoms. The molecule has 1 aromatic rings. The summed E-state index contributed by atoms with van der Waals surface area (Å²) in [6, 6.07) is 3.58. The normalized spacial score (nSPS) is 14.6. The quantitative estimate of drug-likeness (QED) is 0.360. The minimum Gasteiger partial charge on any atom is -0.294 e. The van der Waals surface area contributed by atoms with Gasteiger partial charge in [0.05, 0.1) is 14.7 Å². The molecule has 0 unspecified atom stereocenters. The van der Waals surface area contributed by atoms with Crippen LogP contribution in [-0.2, 0) is 4.79 Å². The zero-order valence-corrected chi connectivity index (χ0v) is 10.4. The highest BCUT2D eigenvalue weighted by Crippen LogP contribution is 2.46. The molecule has 0 saturated carbocycles. The summed E-state index contributed by atoms with van der Waals surface area (Å²) in [5.74, 6) is -0.268. The van der Waals surface area contributed by atoms with Crippen LogP contribution >= 0.6 is 34.9 Å². The number of hydrogen-bond acceptors (Lipinski definition) is 5. The molecular weight excluding hydrogens is 248 g/mol. The van der Waals surface area contributed by atoms with Crippen molar-refractivity contribution in [2.75, 3.05) is 5.08 Å². The number of carbonyl (C=O) groups excluding carboxylic acids is 2. The Morgan fingerprint density at radius 3 is 2.47 bits per heavy atom. The number of carbonyl (C=O) groups is 2. The van der Waals surface area contributed by atoms with Gasteiger partial charge in [-0.3, -0.25) is 9.59 Å². The second kappa shape index (κ2) is 4.55. The van der Waals surface area contributed by atoms with E-state index in [-0.39, 0.29) is 11.6 Å². The number of thioether (sulfide) groups is 2. The van der Waals surface area contributed by atoms with Crippen LogP contribution in [0.5, 0.6) is 0 Å². The highest BCUT2D eigenvalue weighted by atomic mass is 32.3. The molecule has 0 amide bonds. The Morgan fingerprint density at radius 1 is 1.33 bits per heavy atom. The molecule has 0 N–H and O–H groups in total. The van der Waals surface area contributed by atoms with Gasteiger partial charge in [-0.05, 0) is 18.4 Å². The van der Waals surface area contributed by atoms with Gasteiger partial charge in [-0.1, -0.05) is 6.07 Å². The first-order valence-corrected chi connectivity index (χ1v) is 7.14. The van der Waals surface area contributed by atoms with E-state index < -0.39 is 0 Å². The van der Waals surface area contributed by atoms with Crippen LogP contribution < -0.4 is 0 Å². The number of Topliss-reactive ketones (excluding diaryl/α,β-unsaturated/α-hetero) is 2. The van der Waals surface area contributed by atoms with Gasteiger partial charge in [0.2, 0.25) is 5.78 Å². The maximum atomic E-state index is 12.0. The minimum atomic E-state index is -0.136. The molecule has 0 radical (unpaired) electrons. The number of thiophene rings is 1. The van der Waals surface area contributed by atoms with Gasteiger partial charge in [0.1, 0.15) is 0 Å². The van der Waals surface area contributed by atoms with Gasteiger partial charge in [0.15, 0.2) is 5.78 Å². The third-order valence-electron chi connectivity index (χ3n) is 1.91. The first-order chi connectivity index (χ1) is 7.20. The van der Waals surface area contributed by atoms with Crippen LogP contribution in [0.2, 0.25) is 0 Å². The highest BCUT2D eigenvalue weighted by molar-refractivity contribution is 8.37. The summed E-state index contributed by atoms with van der Waals surface area (Å²) in [7, 11) is 0. The summed E-state index contributed by atoms with van der Waals surface area (Å²) in [4.78, 5) is 24.0. The van der Waals surface area contributed by atoms with Crippen molar-refractivity contribution >= 4 is 46.4 Å². The number of rotatable bonds is 3. The monoisotopic (exact) mass is 256 g/mol. The van der Waals surface area contributed by atoms with Crippen LogP contribution in [-0.4, -0.2) is 16.7 Å². The Hall–Kier alpha value is -0.520. The largest absolute Gasteiger partial charge is 0.294 e. The molecule has 0 spiro atoms. The Labute approximate surface area is 100 Å². The minimum absolute atomic E-state index is 0.132. The molecule has 78 valence electrons. The Balaban J connectivity index is 2.35. The zero-order valence-electron chi connectivity index (χ0n) is 7.98. The van der Waals surface area contributed by atoms with Crippen molar-refractivity contribution in [3.63, 3.8) is 0 Å². The summed E-state index contributed by atoms with van der Waals surface area (Å²) in [6.45, 7) is 1.45. The Kier molecular flexibility index (Phi) is 3.33. The fraction of sp³-hybridized carbons (Fsp3) is 0.200. The molecule has 1 saturated heterocycles. The fourth-order valence-electron chi connectivity index (χ4n) is 1.19. The summed E-state index contributed by atoms with van der Waals surface area (Å²) < 4.78 is 0.876. The average molecular weight is 256 g/mol. The van der Waals surface area contributed by atoms with Crippen molar-refractivity contribution in [1.82, 2.24) is 0 Å².